The molecule has 4 rings (SSSR count). The van der Waals surface area contributed by atoms with E-state index in [-0.39, 0.29) is 11.6 Å². The molecule has 0 saturated carbocycles. The highest BCUT2D eigenvalue weighted by Crippen LogP contribution is 2.26. The highest BCUT2D eigenvalue weighted by molar-refractivity contribution is 6.55. The lowest BCUT2D eigenvalue weighted by molar-refractivity contribution is 0.0278. The highest BCUT2D eigenvalue weighted by Gasteiger charge is 2.42. The molecule has 1 atom stereocenters. The van der Waals surface area contributed by atoms with Crippen molar-refractivity contribution in [1.29, 1.82) is 0 Å². The number of hydrogen-bond acceptors (Lipinski definition) is 5. The van der Waals surface area contributed by atoms with Gasteiger partial charge in [-0.2, -0.15) is 0 Å². The number of benzene rings is 2. The number of carbonyl (C=O) groups excluding carboxylic acids is 2. The summed E-state index contributed by atoms with van der Waals surface area (Å²) in [6.07, 6.45) is 0. The Morgan fingerprint density at radius 2 is 1.73 bits per heavy atom. The third-order valence-electron chi connectivity index (χ3n) is 4.84. The Morgan fingerprint density at radius 3 is 2.46 bits per heavy atom. The lowest BCUT2D eigenvalue weighted by Crippen LogP contribution is -2.55. The van der Waals surface area contributed by atoms with Crippen LogP contribution in [-0.4, -0.2) is 54.5 Å². The van der Waals surface area contributed by atoms with Gasteiger partial charge in [-0.3, -0.25) is 14.5 Å². The van der Waals surface area contributed by atoms with Crippen LogP contribution in [0.25, 0.3) is 0 Å². The summed E-state index contributed by atoms with van der Waals surface area (Å²) in [7, 11) is 0. The molecule has 1 heterocycles. The molecule has 1 aliphatic heterocycles. The van der Waals surface area contributed by atoms with Gasteiger partial charge in [0.1, 0.15) is 11.8 Å². The van der Waals surface area contributed by atoms with E-state index in [4.69, 9.17) is 4.74 Å². The van der Waals surface area contributed by atoms with E-state index in [1.807, 2.05) is 36.1 Å². The van der Waals surface area contributed by atoms with Gasteiger partial charge in [-0.1, -0.05) is 36.4 Å². The fourth-order valence-corrected chi connectivity index (χ4v) is 3.55. The SMILES string of the molecule is Cc1cccc(N=C2C(=O)c3ccccc3C(=O)C2N2CCOCC2)c1. The van der Waals surface area contributed by atoms with E-state index >= 15 is 0 Å². The Hall–Kier alpha value is -2.63. The van der Waals surface area contributed by atoms with Crippen LogP contribution >= 0.6 is 0 Å². The molecule has 1 unspecified atom stereocenters. The van der Waals surface area contributed by atoms with E-state index in [1.165, 1.54) is 0 Å². The van der Waals surface area contributed by atoms with Gasteiger partial charge in [0, 0.05) is 24.2 Å². The number of fused-ring (bicyclic) bond motifs is 1. The van der Waals surface area contributed by atoms with Crippen molar-refractivity contribution >= 4 is 23.0 Å². The Balaban J connectivity index is 1.84. The highest BCUT2D eigenvalue weighted by atomic mass is 16.5. The minimum atomic E-state index is -0.651. The zero-order valence-electron chi connectivity index (χ0n) is 14.6. The predicted octanol–water partition coefficient (Wildman–Crippen LogP) is 2.85. The van der Waals surface area contributed by atoms with Crippen molar-refractivity contribution in [1.82, 2.24) is 4.90 Å². The first-order chi connectivity index (χ1) is 12.6. The summed E-state index contributed by atoms with van der Waals surface area (Å²) in [6, 6.07) is 14.0. The Bertz CT molecular complexity index is 898. The van der Waals surface area contributed by atoms with Gasteiger partial charge >= 0.3 is 0 Å². The van der Waals surface area contributed by atoms with Crippen molar-refractivity contribution in [3.63, 3.8) is 0 Å². The largest absolute Gasteiger partial charge is 0.379 e. The van der Waals surface area contributed by atoms with E-state index in [9.17, 15) is 9.59 Å². The van der Waals surface area contributed by atoms with Crippen molar-refractivity contribution in [2.45, 2.75) is 13.0 Å². The van der Waals surface area contributed by atoms with Crippen LogP contribution < -0.4 is 0 Å². The molecule has 2 aromatic rings. The van der Waals surface area contributed by atoms with Crippen LogP contribution in [0.15, 0.2) is 53.5 Å². The predicted molar refractivity (Wildman–Crippen MR) is 99.6 cm³/mol. The minimum absolute atomic E-state index is 0.0616. The smallest absolute Gasteiger partial charge is 0.210 e. The molecule has 1 saturated heterocycles. The van der Waals surface area contributed by atoms with Gasteiger partial charge in [0.15, 0.2) is 5.78 Å². The summed E-state index contributed by atoms with van der Waals surface area (Å²) in [6.45, 7) is 4.30. The number of hydrogen-bond donors (Lipinski definition) is 0. The molecule has 1 aliphatic carbocycles. The monoisotopic (exact) mass is 348 g/mol. The molecule has 132 valence electrons. The standard InChI is InChI=1S/C21H20N2O3/c1-14-5-4-6-15(13-14)22-18-19(23-9-11-26-12-10-23)21(25)17-8-3-2-7-16(17)20(18)24/h2-8,13,19H,9-12H2,1H3. The summed E-state index contributed by atoms with van der Waals surface area (Å²) in [5.41, 5.74) is 2.98. The number of ketones is 2. The number of aryl methyl sites for hydroxylation is 1. The summed E-state index contributed by atoms with van der Waals surface area (Å²) >= 11 is 0. The summed E-state index contributed by atoms with van der Waals surface area (Å²) in [5, 5.41) is 0. The molecule has 0 bridgehead atoms. The van der Waals surface area contributed by atoms with Crippen LogP contribution in [-0.2, 0) is 4.74 Å². The van der Waals surface area contributed by atoms with Crippen molar-refractivity contribution in [3.8, 4) is 0 Å². The van der Waals surface area contributed by atoms with Crippen molar-refractivity contribution in [2.75, 3.05) is 26.3 Å². The van der Waals surface area contributed by atoms with Gasteiger partial charge in [0.25, 0.3) is 0 Å². The molecule has 2 aromatic carbocycles. The van der Waals surface area contributed by atoms with Gasteiger partial charge < -0.3 is 4.74 Å². The third-order valence-corrected chi connectivity index (χ3v) is 4.84. The van der Waals surface area contributed by atoms with Gasteiger partial charge in [0.2, 0.25) is 5.78 Å². The number of nitrogens with zero attached hydrogens (tertiary/aromatic N) is 2. The van der Waals surface area contributed by atoms with Gasteiger partial charge in [-0.15, -0.1) is 0 Å². The normalized spacial score (nSPS) is 22.5. The van der Waals surface area contributed by atoms with Crippen LogP contribution in [0.5, 0.6) is 0 Å². The molecule has 0 radical (unpaired) electrons. The Kier molecular flexibility index (Phi) is 4.49. The van der Waals surface area contributed by atoms with Crippen molar-refractivity contribution in [2.24, 2.45) is 4.99 Å². The second kappa shape index (κ2) is 6.94. The number of morpholine rings is 1. The van der Waals surface area contributed by atoms with Crippen LogP contribution in [0.3, 0.4) is 0 Å². The maximum atomic E-state index is 13.2. The van der Waals surface area contributed by atoms with E-state index in [0.717, 1.165) is 5.56 Å². The lowest BCUT2D eigenvalue weighted by atomic mass is 9.83. The van der Waals surface area contributed by atoms with Crippen molar-refractivity contribution < 1.29 is 14.3 Å². The van der Waals surface area contributed by atoms with E-state index in [0.29, 0.717) is 48.8 Å². The lowest BCUT2D eigenvalue weighted by Gasteiger charge is -2.36. The van der Waals surface area contributed by atoms with E-state index < -0.39 is 6.04 Å². The van der Waals surface area contributed by atoms with Crippen LogP contribution in [0.1, 0.15) is 26.3 Å². The van der Waals surface area contributed by atoms with E-state index in [2.05, 4.69) is 4.99 Å². The number of ether oxygens (including phenoxy) is 1. The summed E-state index contributed by atoms with van der Waals surface area (Å²) in [5.74, 6) is -0.230. The maximum Gasteiger partial charge on any atom is 0.210 e. The third kappa shape index (κ3) is 3.00. The quantitative estimate of drug-likeness (QED) is 0.837. The molecular formula is C21H20N2O3. The van der Waals surface area contributed by atoms with Gasteiger partial charge in [-0.05, 0) is 24.6 Å². The van der Waals surface area contributed by atoms with E-state index in [1.54, 1.807) is 24.3 Å². The molecular weight excluding hydrogens is 328 g/mol. The molecule has 0 spiro atoms. The van der Waals surface area contributed by atoms with Crippen molar-refractivity contribution in [3.05, 3.63) is 65.2 Å². The van der Waals surface area contributed by atoms with Crippen LogP contribution in [0, 0.1) is 6.92 Å². The number of Topliss-reactive ketones (excluding diaryl/α,β-unsaturated/α-hetero) is 2. The molecule has 0 aromatic heterocycles. The molecule has 2 aliphatic rings. The summed E-state index contributed by atoms with van der Waals surface area (Å²) in [4.78, 5) is 33.0. The zero-order valence-corrected chi connectivity index (χ0v) is 14.6. The molecule has 5 heteroatoms. The van der Waals surface area contributed by atoms with Gasteiger partial charge in [-0.25, -0.2) is 4.99 Å². The minimum Gasteiger partial charge on any atom is -0.379 e. The topological polar surface area (TPSA) is 59.0 Å². The first-order valence-electron chi connectivity index (χ1n) is 8.80. The molecule has 0 N–H and O–H groups in total. The molecule has 0 amide bonds. The number of rotatable bonds is 2. The Morgan fingerprint density at radius 1 is 1.00 bits per heavy atom. The fraction of sp³-hybridized carbons (Fsp3) is 0.286. The average molecular weight is 348 g/mol. The van der Waals surface area contributed by atoms with Crippen LogP contribution in [0.4, 0.5) is 5.69 Å². The Labute approximate surface area is 152 Å². The van der Waals surface area contributed by atoms with Gasteiger partial charge in [0.05, 0.1) is 18.9 Å². The first-order valence-corrected chi connectivity index (χ1v) is 8.80. The first kappa shape index (κ1) is 16.8. The summed E-state index contributed by atoms with van der Waals surface area (Å²) < 4.78 is 5.41. The fourth-order valence-electron chi connectivity index (χ4n) is 3.55. The van der Waals surface area contributed by atoms with Crippen LogP contribution in [0.2, 0.25) is 0 Å². The second-order valence-electron chi connectivity index (χ2n) is 6.63. The molecule has 26 heavy (non-hydrogen) atoms. The second-order valence-corrected chi connectivity index (χ2v) is 6.63. The average Bonchev–Trinajstić information content (AvgIpc) is 2.67. The molecule has 5 nitrogen and oxygen atoms in total. The zero-order chi connectivity index (χ0) is 18.1. The number of aliphatic imine (C=N–C) groups is 1. The number of carbonyl (C=O) groups is 2. The maximum absolute atomic E-state index is 13.2. The molecule has 1 fully saturated rings.